The number of carbonyl (C=O) groups is 1. The summed E-state index contributed by atoms with van der Waals surface area (Å²) < 4.78 is 22.7. The Kier molecular flexibility index (Phi) is 3.84. The molecule has 0 aromatic heterocycles. The molecule has 5 rings (SSSR count). The highest BCUT2D eigenvalue weighted by Crippen LogP contribution is 2.43. The molecule has 0 aliphatic carbocycles. The van der Waals surface area contributed by atoms with Crippen LogP contribution in [0.15, 0.2) is 30.0 Å². The summed E-state index contributed by atoms with van der Waals surface area (Å²) >= 11 is 0. The van der Waals surface area contributed by atoms with Crippen molar-refractivity contribution in [2.75, 3.05) is 13.5 Å². The summed E-state index contributed by atoms with van der Waals surface area (Å²) in [6.07, 6.45) is 1.74. The van der Waals surface area contributed by atoms with Gasteiger partial charge in [0.1, 0.15) is 18.2 Å². The number of ketones is 1. The van der Waals surface area contributed by atoms with E-state index >= 15 is 0 Å². The van der Waals surface area contributed by atoms with Crippen molar-refractivity contribution in [1.29, 1.82) is 0 Å². The second-order valence-corrected chi connectivity index (χ2v) is 7.53. The molecule has 2 aromatic rings. The maximum absolute atomic E-state index is 13.0. The van der Waals surface area contributed by atoms with Crippen LogP contribution >= 0.6 is 0 Å². The molecule has 3 aliphatic rings. The molecule has 0 saturated carbocycles. The van der Waals surface area contributed by atoms with Crippen LogP contribution in [0.1, 0.15) is 40.9 Å². The van der Waals surface area contributed by atoms with Crippen LogP contribution in [-0.2, 0) is 6.54 Å². The van der Waals surface area contributed by atoms with Gasteiger partial charge >= 0.3 is 0 Å². The topological polar surface area (TPSA) is 57.2 Å². The smallest absolute Gasteiger partial charge is 0.231 e. The summed E-state index contributed by atoms with van der Waals surface area (Å²) in [6.45, 7) is 7.73. The average molecular weight is 379 g/mol. The van der Waals surface area contributed by atoms with Crippen LogP contribution in [0, 0.1) is 6.92 Å². The minimum Gasteiger partial charge on any atom is -0.477 e. The lowest BCUT2D eigenvalue weighted by Gasteiger charge is -2.32. The molecule has 0 bridgehead atoms. The van der Waals surface area contributed by atoms with Crippen LogP contribution in [0.25, 0.3) is 6.08 Å². The first-order valence-electron chi connectivity index (χ1n) is 9.38. The summed E-state index contributed by atoms with van der Waals surface area (Å²) in [5.41, 5.74) is 3.32. The molecule has 144 valence electrons. The highest BCUT2D eigenvalue weighted by molar-refractivity contribution is 6.15. The van der Waals surface area contributed by atoms with Gasteiger partial charge in [-0.15, -0.1) is 0 Å². The quantitative estimate of drug-likeness (QED) is 0.738. The van der Waals surface area contributed by atoms with Gasteiger partial charge in [-0.25, -0.2) is 0 Å². The van der Waals surface area contributed by atoms with Crippen LogP contribution in [0.2, 0.25) is 0 Å². The Morgan fingerprint density at radius 1 is 1.07 bits per heavy atom. The fourth-order valence-electron chi connectivity index (χ4n) is 3.75. The Bertz CT molecular complexity index is 1020. The number of carbonyl (C=O) groups excluding carboxylic acids is 1. The third kappa shape index (κ3) is 2.64. The Morgan fingerprint density at radius 3 is 2.71 bits per heavy atom. The van der Waals surface area contributed by atoms with Gasteiger partial charge in [-0.3, -0.25) is 9.69 Å². The van der Waals surface area contributed by atoms with E-state index in [0.717, 1.165) is 29.0 Å². The standard InChI is InChI=1S/C22H21NO5/c1-12(2)23-9-15-8-16-20(24)19(28-22(16)13(3)21(15)25-10-23)7-14-4-5-17-18(6-14)27-11-26-17/h4-8,12H,9-11H2,1-3H3/b19-7-. The molecule has 2 aromatic carbocycles. The van der Waals surface area contributed by atoms with E-state index in [4.69, 9.17) is 18.9 Å². The van der Waals surface area contributed by atoms with E-state index in [-0.39, 0.29) is 12.6 Å². The second-order valence-electron chi connectivity index (χ2n) is 7.53. The molecule has 0 saturated heterocycles. The number of ether oxygens (including phenoxy) is 4. The fourth-order valence-corrected chi connectivity index (χ4v) is 3.75. The Hall–Kier alpha value is -2.99. The predicted octanol–water partition coefficient (Wildman–Crippen LogP) is 3.90. The molecule has 6 heteroatoms. The number of fused-ring (bicyclic) bond motifs is 3. The summed E-state index contributed by atoms with van der Waals surface area (Å²) in [7, 11) is 0. The van der Waals surface area contributed by atoms with E-state index in [0.29, 0.717) is 41.3 Å². The van der Waals surface area contributed by atoms with Gasteiger partial charge in [0.2, 0.25) is 12.6 Å². The van der Waals surface area contributed by atoms with Crippen molar-refractivity contribution in [1.82, 2.24) is 4.90 Å². The molecule has 0 atom stereocenters. The normalized spacial score (nSPS) is 18.9. The predicted molar refractivity (Wildman–Crippen MR) is 103 cm³/mol. The number of benzene rings is 2. The van der Waals surface area contributed by atoms with Crippen molar-refractivity contribution < 1.29 is 23.7 Å². The van der Waals surface area contributed by atoms with Crippen molar-refractivity contribution in [3.63, 3.8) is 0 Å². The van der Waals surface area contributed by atoms with E-state index < -0.39 is 0 Å². The van der Waals surface area contributed by atoms with Crippen molar-refractivity contribution in [3.05, 3.63) is 52.3 Å². The molecule has 0 amide bonds. The van der Waals surface area contributed by atoms with E-state index in [1.54, 1.807) is 6.08 Å². The maximum atomic E-state index is 13.0. The van der Waals surface area contributed by atoms with Crippen LogP contribution in [0.5, 0.6) is 23.0 Å². The number of rotatable bonds is 2. The van der Waals surface area contributed by atoms with E-state index in [1.807, 2.05) is 31.2 Å². The first-order valence-corrected chi connectivity index (χ1v) is 9.38. The number of Topliss-reactive ketones (excluding diaryl/α,β-unsaturated/α-hetero) is 1. The highest BCUT2D eigenvalue weighted by Gasteiger charge is 2.34. The summed E-state index contributed by atoms with van der Waals surface area (Å²) in [5, 5.41) is 0. The number of hydrogen-bond acceptors (Lipinski definition) is 6. The van der Waals surface area contributed by atoms with Gasteiger partial charge in [0.25, 0.3) is 0 Å². The Balaban J connectivity index is 1.50. The van der Waals surface area contributed by atoms with Crippen molar-refractivity contribution in [2.45, 2.75) is 33.4 Å². The zero-order valence-electron chi connectivity index (χ0n) is 16.1. The van der Waals surface area contributed by atoms with Crippen molar-refractivity contribution in [3.8, 4) is 23.0 Å². The van der Waals surface area contributed by atoms with Gasteiger partial charge in [0.15, 0.2) is 17.3 Å². The summed E-state index contributed by atoms with van der Waals surface area (Å²) in [4.78, 5) is 15.2. The lowest BCUT2D eigenvalue weighted by molar-refractivity contribution is 0.0678. The van der Waals surface area contributed by atoms with E-state index in [1.165, 1.54) is 0 Å². The maximum Gasteiger partial charge on any atom is 0.231 e. The second kappa shape index (κ2) is 6.27. The van der Waals surface area contributed by atoms with Crippen LogP contribution in [0.3, 0.4) is 0 Å². The van der Waals surface area contributed by atoms with Gasteiger partial charge in [0.05, 0.1) is 5.56 Å². The largest absolute Gasteiger partial charge is 0.477 e. The molecule has 3 aliphatic heterocycles. The summed E-state index contributed by atoms with van der Waals surface area (Å²) in [5.74, 6) is 2.99. The molecule has 0 unspecified atom stereocenters. The molecule has 0 N–H and O–H groups in total. The van der Waals surface area contributed by atoms with Gasteiger partial charge in [-0.2, -0.15) is 0 Å². The Morgan fingerprint density at radius 2 is 1.89 bits per heavy atom. The van der Waals surface area contributed by atoms with Crippen molar-refractivity contribution >= 4 is 11.9 Å². The fraction of sp³-hybridized carbons (Fsp3) is 0.318. The lowest BCUT2D eigenvalue weighted by atomic mass is 9.99. The first-order chi connectivity index (χ1) is 13.5. The molecule has 6 nitrogen and oxygen atoms in total. The molecular formula is C22H21NO5. The van der Waals surface area contributed by atoms with Gasteiger partial charge in [-0.05, 0) is 50.6 Å². The number of nitrogens with zero attached hydrogens (tertiary/aromatic N) is 1. The zero-order chi connectivity index (χ0) is 19.4. The van der Waals surface area contributed by atoms with Crippen LogP contribution in [0.4, 0.5) is 0 Å². The van der Waals surface area contributed by atoms with Crippen LogP contribution in [-0.4, -0.2) is 30.2 Å². The SMILES string of the molecule is Cc1c2c(cc3c1O/C(=C\c1ccc4c(c1)OCO4)C3=O)CN(C(C)C)CO2. The number of allylic oxidation sites excluding steroid dienone is 1. The molecular weight excluding hydrogens is 358 g/mol. The van der Waals surface area contributed by atoms with Gasteiger partial charge < -0.3 is 18.9 Å². The molecule has 0 spiro atoms. The van der Waals surface area contributed by atoms with Gasteiger partial charge in [-0.1, -0.05) is 6.07 Å². The third-order valence-corrected chi connectivity index (χ3v) is 5.39. The average Bonchev–Trinajstić information content (AvgIpc) is 3.27. The van der Waals surface area contributed by atoms with Gasteiger partial charge in [0, 0.05) is 23.7 Å². The van der Waals surface area contributed by atoms with Crippen molar-refractivity contribution in [2.24, 2.45) is 0 Å². The van der Waals surface area contributed by atoms with E-state index in [2.05, 4.69) is 18.7 Å². The zero-order valence-corrected chi connectivity index (χ0v) is 16.1. The first kappa shape index (κ1) is 17.1. The Labute approximate surface area is 163 Å². The van der Waals surface area contributed by atoms with Crippen LogP contribution < -0.4 is 18.9 Å². The molecule has 28 heavy (non-hydrogen) atoms. The molecule has 0 fully saturated rings. The minimum absolute atomic E-state index is 0.111. The molecule has 3 heterocycles. The number of hydrogen-bond donors (Lipinski definition) is 0. The van der Waals surface area contributed by atoms with E-state index in [9.17, 15) is 4.79 Å². The summed E-state index contributed by atoms with van der Waals surface area (Å²) in [6, 6.07) is 7.84. The minimum atomic E-state index is -0.111. The highest BCUT2D eigenvalue weighted by atomic mass is 16.7. The lowest BCUT2D eigenvalue weighted by Crippen LogP contribution is -2.37. The molecule has 0 radical (unpaired) electrons. The third-order valence-electron chi connectivity index (χ3n) is 5.39. The monoisotopic (exact) mass is 379 g/mol.